The molecule has 1 atom stereocenters. The van der Waals surface area contributed by atoms with Gasteiger partial charge in [0.2, 0.25) is 0 Å². The Labute approximate surface area is 181 Å². The van der Waals surface area contributed by atoms with Crippen molar-refractivity contribution in [2.45, 2.75) is 52.6 Å². The second-order valence-electron chi connectivity index (χ2n) is 8.15. The van der Waals surface area contributed by atoms with Crippen LogP contribution in [0.4, 0.5) is 0 Å². The lowest BCUT2D eigenvalue weighted by atomic mass is 9.93. The highest BCUT2D eigenvalue weighted by molar-refractivity contribution is 6.02. The third kappa shape index (κ3) is 5.02. The third-order valence-electron chi connectivity index (χ3n) is 5.37. The molecule has 0 saturated carbocycles. The fourth-order valence-electron chi connectivity index (χ4n) is 3.67. The highest BCUT2D eigenvalue weighted by atomic mass is 16.5. The van der Waals surface area contributed by atoms with E-state index in [0.29, 0.717) is 17.5 Å². The van der Waals surface area contributed by atoms with E-state index in [1.165, 1.54) is 23.8 Å². The molecule has 31 heavy (non-hydrogen) atoms. The van der Waals surface area contributed by atoms with Crippen molar-refractivity contribution in [2.75, 3.05) is 0 Å². The summed E-state index contributed by atoms with van der Waals surface area (Å²) in [5, 5.41) is 40.8. The number of phenols is 4. The van der Waals surface area contributed by atoms with Crippen LogP contribution < -0.4 is 4.74 Å². The number of aromatic hydroxyl groups is 4. The molecule has 1 aliphatic rings. The molecule has 4 N–H and O–H groups in total. The van der Waals surface area contributed by atoms with Gasteiger partial charge in [0, 0.05) is 23.3 Å². The molecule has 3 rings (SSSR count). The van der Waals surface area contributed by atoms with E-state index in [1.807, 2.05) is 13.0 Å². The van der Waals surface area contributed by atoms with Crippen molar-refractivity contribution in [3.63, 3.8) is 0 Å². The Morgan fingerprint density at radius 3 is 2.52 bits per heavy atom. The molecule has 0 aliphatic carbocycles. The number of rotatable bonds is 6. The smallest absolute Gasteiger partial charge is 0.174 e. The number of Topliss-reactive ketones (excluding diaryl/α,β-unsaturated/α-hetero) is 1. The third-order valence-corrected chi connectivity index (χ3v) is 5.37. The molecule has 0 bridgehead atoms. The molecule has 164 valence electrons. The van der Waals surface area contributed by atoms with Crippen molar-refractivity contribution in [2.24, 2.45) is 0 Å². The van der Waals surface area contributed by atoms with Gasteiger partial charge in [-0.25, -0.2) is 0 Å². The monoisotopic (exact) mass is 424 g/mol. The summed E-state index contributed by atoms with van der Waals surface area (Å²) in [6.45, 7) is 6.12. The molecular weight excluding hydrogens is 396 g/mol. The highest BCUT2D eigenvalue weighted by Crippen LogP contribution is 2.44. The molecule has 2 aromatic rings. The summed E-state index contributed by atoms with van der Waals surface area (Å²) in [6, 6.07) is 5.34. The minimum Gasteiger partial charge on any atom is -0.508 e. The van der Waals surface area contributed by atoms with Gasteiger partial charge in [0.15, 0.2) is 5.78 Å². The van der Waals surface area contributed by atoms with E-state index in [0.717, 1.165) is 24.5 Å². The van der Waals surface area contributed by atoms with Gasteiger partial charge in [0.05, 0.1) is 6.42 Å². The molecule has 0 fully saturated rings. The van der Waals surface area contributed by atoms with Gasteiger partial charge in [-0.05, 0) is 52.2 Å². The number of carbonyl (C=O) groups excluding carboxylic acids is 1. The van der Waals surface area contributed by atoms with Crippen LogP contribution in [0.15, 0.2) is 47.6 Å². The molecule has 0 aromatic heterocycles. The Kier molecular flexibility index (Phi) is 6.59. The lowest BCUT2D eigenvalue weighted by Gasteiger charge is -2.27. The standard InChI is InChI=1S/C25H28O6/c1-14(2)5-4-6-15(3)7-8-17-19(27)10-9-18(25(17)30)22-13-21(29)24-20(28)11-16(26)12-23(24)31-22/h5,7,9-12,22,26-28,30H,4,6,8,13H2,1-3H3/b15-7+/t22-/m0/s1. The minimum absolute atomic E-state index is 0.0162. The predicted molar refractivity (Wildman–Crippen MR) is 118 cm³/mol. The largest absolute Gasteiger partial charge is 0.508 e. The van der Waals surface area contributed by atoms with Gasteiger partial charge in [-0.1, -0.05) is 23.3 Å². The number of ketones is 1. The lowest BCUT2D eigenvalue weighted by molar-refractivity contribution is 0.0842. The molecule has 0 amide bonds. The van der Waals surface area contributed by atoms with Crippen LogP contribution in [0.3, 0.4) is 0 Å². The van der Waals surface area contributed by atoms with Crippen LogP contribution in [0.1, 0.15) is 67.6 Å². The maximum atomic E-state index is 12.6. The van der Waals surface area contributed by atoms with E-state index in [1.54, 1.807) is 0 Å². The number of hydrogen-bond acceptors (Lipinski definition) is 6. The topological polar surface area (TPSA) is 107 Å². The number of carbonyl (C=O) groups is 1. The van der Waals surface area contributed by atoms with Crippen molar-refractivity contribution in [3.8, 4) is 28.7 Å². The first-order valence-electron chi connectivity index (χ1n) is 10.3. The van der Waals surface area contributed by atoms with Crippen LogP contribution in [0, 0.1) is 0 Å². The van der Waals surface area contributed by atoms with Gasteiger partial charge in [-0.2, -0.15) is 0 Å². The lowest BCUT2D eigenvalue weighted by Crippen LogP contribution is -2.20. The Morgan fingerprint density at radius 2 is 1.81 bits per heavy atom. The van der Waals surface area contributed by atoms with E-state index in [-0.39, 0.29) is 46.5 Å². The normalized spacial score (nSPS) is 15.9. The number of phenolic OH excluding ortho intramolecular Hbond substituents is 4. The zero-order valence-electron chi connectivity index (χ0n) is 18.0. The molecule has 2 aromatic carbocycles. The maximum absolute atomic E-state index is 12.6. The van der Waals surface area contributed by atoms with E-state index < -0.39 is 6.10 Å². The Bertz CT molecular complexity index is 1060. The Hall–Kier alpha value is -3.41. The zero-order valence-corrected chi connectivity index (χ0v) is 18.0. The second kappa shape index (κ2) is 9.16. The molecule has 6 heteroatoms. The molecule has 0 spiro atoms. The summed E-state index contributed by atoms with van der Waals surface area (Å²) in [6.07, 6.45) is 5.40. The Balaban J connectivity index is 1.85. The molecular formula is C25H28O6. The number of benzene rings is 2. The number of fused-ring (bicyclic) bond motifs is 1. The van der Waals surface area contributed by atoms with E-state index in [9.17, 15) is 25.2 Å². The first-order chi connectivity index (χ1) is 14.7. The zero-order chi connectivity index (χ0) is 22.7. The van der Waals surface area contributed by atoms with Gasteiger partial charge < -0.3 is 25.2 Å². The van der Waals surface area contributed by atoms with E-state index in [2.05, 4.69) is 19.9 Å². The summed E-state index contributed by atoms with van der Waals surface area (Å²) in [7, 11) is 0. The predicted octanol–water partition coefficient (Wildman–Crippen LogP) is 5.45. The van der Waals surface area contributed by atoms with Crippen LogP contribution in [0.5, 0.6) is 28.7 Å². The van der Waals surface area contributed by atoms with Crippen LogP contribution in [0.2, 0.25) is 0 Å². The summed E-state index contributed by atoms with van der Waals surface area (Å²) in [5.41, 5.74) is 3.15. The number of allylic oxidation sites excluding steroid dienone is 4. The van der Waals surface area contributed by atoms with Crippen molar-refractivity contribution in [1.82, 2.24) is 0 Å². The van der Waals surface area contributed by atoms with Gasteiger partial charge in [0.25, 0.3) is 0 Å². The molecule has 0 unspecified atom stereocenters. The summed E-state index contributed by atoms with van der Waals surface area (Å²) in [5.74, 6) is -1.03. The second-order valence-corrected chi connectivity index (χ2v) is 8.15. The van der Waals surface area contributed by atoms with E-state index >= 15 is 0 Å². The fourth-order valence-corrected chi connectivity index (χ4v) is 3.67. The fraction of sp³-hybridized carbons (Fsp3) is 0.320. The molecule has 6 nitrogen and oxygen atoms in total. The van der Waals surface area contributed by atoms with Crippen molar-refractivity contribution in [3.05, 3.63) is 64.3 Å². The van der Waals surface area contributed by atoms with Crippen molar-refractivity contribution >= 4 is 5.78 Å². The minimum atomic E-state index is -0.803. The van der Waals surface area contributed by atoms with E-state index in [4.69, 9.17) is 4.74 Å². The van der Waals surface area contributed by atoms with Gasteiger partial charge >= 0.3 is 0 Å². The molecule has 1 aliphatic heterocycles. The molecule has 1 heterocycles. The summed E-state index contributed by atoms with van der Waals surface area (Å²) >= 11 is 0. The van der Waals surface area contributed by atoms with Gasteiger partial charge in [-0.15, -0.1) is 0 Å². The van der Waals surface area contributed by atoms with Crippen LogP contribution in [0.25, 0.3) is 0 Å². The van der Waals surface area contributed by atoms with Crippen molar-refractivity contribution < 1.29 is 30.0 Å². The van der Waals surface area contributed by atoms with Crippen LogP contribution in [-0.4, -0.2) is 26.2 Å². The summed E-state index contributed by atoms with van der Waals surface area (Å²) < 4.78 is 5.82. The van der Waals surface area contributed by atoms with Gasteiger partial charge in [0.1, 0.15) is 40.4 Å². The molecule has 0 radical (unpaired) electrons. The first-order valence-corrected chi connectivity index (χ1v) is 10.3. The average molecular weight is 424 g/mol. The average Bonchev–Trinajstić information content (AvgIpc) is 2.66. The number of ether oxygens (including phenoxy) is 1. The van der Waals surface area contributed by atoms with Gasteiger partial charge in [-0.3, -0.25) is 4.79 Å². The quantitative estimate of drug-likeness (QED) is 0.459. The van der Waals surface area contributed by atoms with Crippen molar-refractivity contribution in [1.29, 1.82) is 0 Å². The SMILES string of the molecule is CC(C)=CCC/C(C)=C/Cc1c(O)ccc([C@@H]2CC(=O)c3c(O)cc(O)cc3O2)c1O. The van der Waals surface area contributed by atoms with Crippen LogP contribution in [-0.2, 0) is 6.42 Å². The summed E-state index contributed by atoms with van der Waals surface area (Å²) in [4.78, 5) is 12.6. The first kappa shape index (κ1) is 22.3. The highest BCUT2D eigenvalue weighted by Gasteiger charge is 2.32. The number of hydrogen-bond donors (Lipinski definition) is 4. The maximum Gasteiger partial charge on any atom is 0.174 e. The molecule has 0 saturated heterocycles. The Morgan fingerprint density at radius 1 is 1.06 bits per heavy atom. The van der Waals surface area contributed by atoms with Crippen LogP contribution >= 0.6 is 0 Å².